The Kier molecular flexibility index (Phi) is 3.72. The first kappa shape index (κ1) is 11.6. The zero-order valence-electron chi connectivity index (χ0n) is 7.88. The van der Waals surface area contributed by atoms with Crippen molar-refractivity contribution in [3.05, 3.63) is 60.5 Å². The zero-order valence-corrected chi connectivity index (χ0v) is 7.88. The van der Waals surface area contributed by atoms with E-state index < -0.39 is 11.7 Å². The maximum absolute atomic E-state index is 12.2. The van der Waals surface area contributed by atoms with E-state index in [1.165, 1.54) is 18.2 Å². The molecule has 0 nitrogen and oxygen atoms in total. The quantitative estimate of drug-likeness (QED) is 0.707. The second-order valence-corrected chi connectivity index (χ2v) is 2.82. The minimum Gasteiger partial charge on any atom is -0.166 e. The van der Waals surface area contributed by atoms with Crippen LogP contribution in [0.3, 0.4) is 0 Å². The number of halogens is 3. The zero-order chi connectivity index (χ0) is 11.3. The molecule has 0 unspecified atom stereocenters. The summed E-state index contributed by atoms with van der Waals surface area (Å²) in [6, 6.07) is 4.91. The van der Waals surface area contributed by atoms with Crippen LogP contribution in [-0.4, -0.2) is 0 Å². The Morgan fingerprint density at radius 3 is 2.20 bits per heavy atom. The lowest BCUT2D eigenvalue weighted by Gasteiger charge is -2.05. The SMILES string of the molecule is C=C[C]C=Cc1ccc(C(F)(F)F)cc1. The second-order valence-electron chi connectivity index (χ2n) is 2.82. The highest BCUT2D eigenvalue weighted by molar-refractivity contribution is 5.51. The van der Waals surface area contributed by atoms with E-state index in [2.05, 4.69) is 13.0 Å². The Bertz CT molecular complexity index is 344. The minimum atomic E-state index is -4.28. The van der Waals surface area contributed by atoms with E-state index in [1.807, 2.05) is 0 Å². The first-order valence-electron chi connectivity index (χ1n) is 4.25. The molecule has 0 atom stereocenters. The molecule has 1 aromatic carbocycles. The predicted octanol–water partition coefficient (Wildman–Crippen LogP) is 3.99. The molecule has 0 saturated carbocycles. The Morgan fingerprint density at radius 1 is 1.13 bits per heavy atom. The van der Waals surface area contributed by atoms with Crippen molar-refractivity contribution < 1.29 is 13.2 Å². The van der Waals surface area contributed by atoms with E-state index in [1.54, 1.807) is 12.2 Å². The van der Waals surface area contributed by atoms with Crippen molar-refractivity contribution in [2.45, 2.75) is 6.18 Å². The van der Waals surface area contributed by atoms with E-state index in [4.69, 9.17) is 0 Å². The minimum absolute atomic E-state index is 0.642. The van der Waals surface area contributed by atoms with Gasteiger partial charge in [-0.25, -0.2) is 0 Å². The Balaban J connectivity index is 2.77. The van der Waals surface area contributed by atoms with Gasteiger partial charge in [0.2, 0.25) is 0 Å². The lowest BCUT2D eigenvalue weighted by molar-refractivity contribution is -0.137. The third-order valence-electron chi connectivity index (χ3n) is 1.73. The number of benzene rings is 1. The van der Waals surface area contributed by atoms with Gasteiger partial charge in [0.25, 0.3) is 0 Å². The van der Waals surface area contributed by atoms with Crippen molar-refractivity contribution in [1.82, 2.24) is 0 Å². The van der Waals surface area contributed by atoms with Gasteiger partial charge in [-0.05, 0) is 17.7 Å². The van der Waals surface area contributed by atoms with Crippen molar-refractivity contribution in [3.63, 3.8) is 0 Å². The Morgan fingerprint density at radius 2 is 1.73 bits per heavy atom. The van der Waals surface area contributed by atoms with Crippen LogP contribution in [0.5, 0.6) is 0 Å². The summed E-state index contributed by atoms with van der Waals surface area (Å²) in [5, 5.41) is 0. The van der Waals surface area contributed by atoms with Gasteiger partial charge in [-0.15, -0.1) is 6.58 Å². The van der Waals surface area contributed by atoms with Gasteiger partial charge in [-0.1, -0.05) is 30.4 Å². The topological polar surface area (TPSA) is 0 Å². The summed E-state index contributed by atoms with van der Waals surface area (Å²) in [6.07, 6.45) is 3.15. The van der Waals surface area contributed by atoms with Gasteiger partial charge >= 0.3 is 6.18 Å². The van der Waals surface area contributed by atoms with Crippen LogP contribution in [0.2, 0.25) is 0 Å². The molecular formula is C12H9F3. The molecule has 0 aliphatic heterocycles. The summed E-state index contributed by atoms with van der Waals surface area (Å²) >= 11 is 0. The molecule has 0 bridgehead atoms. The summed E-state index contributed by atoms with van der Waals surface area (Å²) in [6.45, 7) is 3.43. The first-order chi connectivity index (χ1) is 7.04. The maximum atomic E-state index is 12.2. The standard InChI is InChI=1S/C12H9F3/c1-2-3-4-5-10-6-8-11(9-7-10)12(13,14)15/h2,4-9H,1H2. The molecular weight excluding hydrogens is 201 g/mol. The summed E-state index contributed by atoms with van der Waals surface area (Å²) in [4.78, 5) is 0. The average Bonchev–Trinajstić information content (AvgIpc) is 2.18. The molecule has 1 rings (SSSR count). The molecule has 0 aliphatic carbocycles. The largest absolute Gasteiger partial charge is 0.416 e. The number of hydrogen-bond donors (Lipinski definition) is 0. The third-order valence-corrected chi connectivity index (χ3v) is 1.73. The molecule has 1 aromatic rings. The van der Waals surface area contributed by atoms with Gasteiger partial charge in [0.05, 0.1) is 5.56 Å². The van der Waals surface area contributed by atoms with Crippen LogP contribution in [0.15, 0.2) is 43.0 Å². The molecule has 0 heterocycles. The van der Waals surface area contributed by atoms with E-state index in [0.717, 1.165) is 12.1 Å². The first-order valence-corrected chi connectivity index (χ1v) is 4.25. The lowest BCUT2D eigenvalue weighted by atomic mass is 10.1. The molecule has 0 spiro atoms. The molecule has 15 heavy (non-hydrogen) atoms. The van der Waals surface area contributed by atoms with Crippen molar-refractivity contribution in [1.29, 1.82) is 0 Å². The molecule has 0 fully saturated rings. The molecule has 2 radical (unpaired) electrons. The van der Waals surface area contributed by atoms with Crippen LogP contribution in [0.4, 0.5) is 13.2 Å². The van der Waals surface area contributed by atoms with Crippen LogP contribution in [-0.2, 0) is 6.18 Å². The smallest absolute Gasteiger partial charge is 0.166 e. The fourth-order valence-electron chi connectivity index (χ4n) is 0.996. The molecule has 0 N–H and O–H groups in total. The number of alkyl halides is 3. The van der Waals surface area contributed by atoms with Gasteiger partial charge in [0.15, 0.2) is 0 Å². The van der Waals surface area contributed by atoms with Crippen LogP contribution >= 0.6 is 0 Å². The van der Waals surface area contributed by atoms with Crippen molar-refractivity contribution in [3.8, 4) is 0 Å². The summed E-state index contributed by atoms with van der Waals surface area (Å²) in [5.41, 5.74) is 0.0497. The molecule has 0 aromatic heterocycles. The molecule has 3 heteroatoms. The van der Waals surface area contributed by atoms with E-state index in [-0.39, 0.29) is 0 Å². The van der Waals surface area contributed by atoms with Crippen molar-refractivity contribution in [2.24, 2.45) is 0 Å². The van der Waals surface area contributed by atoms with Gasteiger partial charge in [0.1, 0.15) is 0 Å². The van der Waals surface area contributed by atoms with Gasteiger partial charge in [-0.3, -0.25) is 0 Å². The monoisotopic (exact) mass is 210 g/mol. The van der Waals surface area contributed by atoms with Crippen LogP contribution in [0.1, 0.15) is 11.1 Å². The van der Waals surface area contributed by atoms with E-state index in [9.17, 15) is 13.2 Å². The number of hydrogen-bond acceptors (Lipinski definition) is 0. The number of rotatable bonds is 3. The fraction of sp³-hybridized carbons (Fsp3) is 0.0833. The van der Waals surface area contributed by atoms with Gasteiger partial charge in [-0.2, -0.15) is 13.2 Å². The normalized spacial score (nSPS) is 11.9. The molecule has 0 aliphatic rings. The lowest BCUT2D eigenvalue weighted by Crippen LogP contribution is -2.03. The van der Waals surface area contributed by atoms with E-state index in [0.29, 0.717) is 5.56 Å². The third kappa shape index (κ3) is 3.62. The Labute approximate surface area is 86.7 Å². The van der Waals surface area contributed by atoms with Gasteiger partial charge < -0.3 is 0 Å². The fourth-order valence-corrected chi connectivity index (χ4v) is 0.996. The van der Waals surface area contributed by atoms with Crippen molar-refractivity contribution in [2.75, 3.05) is 0 Å². The van der Waals surface area contributed by atoms with Crippen molar-refractivity contribution >= 4 is 6.08 Å². The molecule has 78 valence electrons. The van der Waals surface area contributed by atoms with Crippen LogP contribution < -0.4 is 0 Å². The molecule has 0 saturated heterocycles. The highest BCUT2D eigenvalue weighted by atomic mass is 19.4. The van der Waals surface area contributed by atoms with Crippen LogP contribution in [0.25, 0.3) is 6.08 Å². The summed E-state index contributed by atoms with van der Waals surface area (Å²) in [7, 11) is 0. The Hall–Kier alpha value is -1.51. The highest BCUT2D eigenvalue weighted by Crippen LogP contribution is 2.29. The predicted molar refractivity (Wildman–Crippen MR) is 53.9 cm³/mol. The summed E-state index contributed by atoms with van der Waals surface area (Å²) < 4.78 is 36.5. The second kappa shape index (κ2) is 4.82. The van der Waals surface area contributed by atoms with Gasteiger partial charge in [0, 0.05) is 6.42 Å². The molecule has 0 amide bonds. The summed E-state index contributed by atoms with van der Waals surface area (Å²) in [5.74, 6) is 0. The average molecular weight is 210 g/mol. The number of allylic oxidation sites excluding steroid dienone is 2. The highest BCUT2D eigenvalue weighted by Gasteiger charge is 2.29. The van der Waals surface area contributed by atoms with Crippen LogP contribution in [0, 0.1) is 6.42 Å². The van der Waals surface area contributed by atoms with E-state index >= 15 is 0 Å². The maximum Gasteiger partial charge on any atom is 0.416 e.